The van der Waals surface area contributed by atoms with Crippen LogP contribution in [0.2, 0.25) is 5.02 Å². The van der Waals surface area contributed by atoms with Crippen LogP contribution in [0, 0.1) is 0 Å². The Hall–Kier alpha value is -1.89. The van der Waals surface area contributed by atoms with Crippen molar-refractivity contribution >= 4 is 27.6 Å². The van der Waals surface area contributed by atoms with Gasteiger partial charge in [-0.15, -0.1) is 0 Å². The number of benzene rings is 2. The molecule has 126 valence electrons. The Kier molecular flexibility index (Phi) is 4.62. The van der Waals surface area contributed by atoms with Crippen LogP contribution in [0.5, 0.6) is 0 Å². The maximum Gasteiger partial charge on any atom is 0.324 e. The first kappa shape index (κ1) is 17.0. The molecule has 0 saturated heterocycles. The number of nitrogens with zero attached hydrogens (tertiary/aromatic N) is 1. The van der Waals surface area contributed by atoms with Gasteiger partial charge in [0.15, 0.2) is 0 Å². The van der Waals surface area contributed by atoms with Crippen molar-refractivity contribution in [2.45, 2.75) is 23.9 Å². The van der Waals surface area contributed by atoms with E-state index in [2.05, 4.69) is 0 Å². The molecule has 0 aliphatic carbocycles. The Balaban J connectivity index is 2.10. The van der Waals surface area contributed by atoms with Gasteiger partial charge in [0, 0.05) is 13.0 Å². The summed E-state index contributed by atoms with van der Waals surface area (Å²) < 4.78 is 32.2. The molecule has 5 nitrogen and oxygen atoms in total. The predicted octanol–water partition coefficient (Wildman–Crippen LogP) is 2.63. The van der Waals surface area contributed by atoms with Crippen molar-refractivity contribution < 1.29 is 17.9 Å². The Morgan fingerprint density at radius 3 is 2.42 bits per heavy atom. The van der Waals surface area contributed by atoms with Crippen molar-refractivity contribution in [2.75, 3.05) is 7.11 Å². The summed E-state index contributed by atoms with van der Waals surface area (Å²) >= 11 is 6.07. The third-order valence-corrected chi connectivity index (χ3v) is 6.46. The number of hydrogen-bond acceptors (Lipinski definition) is 4. The molecule has 1 aliphatic heterocycles. The number of fused-ring (bicyclic) bond motifs is 1. The monoisotopic (exact) mass is 365 g/mol. The van der Waals surface area contributed by atoms with E-state index in [1.807, 2.05) is 24.3 Å². The van der Waals surface area contributed by atoms with Crippen molar-refractivity contribution in [3.05, 3.63) is 64.7 Å². The summed E-state index contributed by atoms with van der Waals surface area (Å²) in [5.41, 5.74) is 1.81. The summed E-state index contributed by atoms with van der Waals surface area (Å²) in [6.07, 6.45) is 0.270. The first-order chi connectivity index (χ1) is 11.4. The third-order valence-electron chi connectivity index (χ3n) is 4.10. The first-order valence-corrected chi connectivity index (χ1v) is 9.18. The quantitative estimate of drug-likeness (QED) is 0.784. The molecule has 0 saturated carbocycles. The molecular formula is C17H16ClNO4S. The molecule has 0 radical (unpaired) electrons. The average molecular weight is 366 g/mol. The van der Waals surface area contributed by atoms with Crippen LogP contribution >= 0.6 is 11.6 Å². The molecule has 24 heavy (non-hydrogen) atoms. The molecule has 1 heterocycles. The lowest BCUT2D eigenvalue weighted by molar-refractivity contribution is -0.145. The molecule has 7 heteroatoms. The molecule has 1 atom stereocenters. The van der Waals surface area contributed by atoms with E-state index in [1.165, 1.54) is 23.5 Å². The highest BCUT2D eigenvalue weighted by Crippen LogP contribution is 2.32. The lowest BCUT2D eigenvalue weighted by Crippen LogP contribution is -2.49. The van der Waals surface area contributed by atoms with Gasteiger partial charge in [-0.25, -0.2) is 8.42 Å². The molecule has 0 amide bonds. The van der Waals surface area contributed by atoms with Crippen molar-refractivity contribution in [1.82, 2.24) is 4.31 Å². The van der Waals surface area contributed by atoms with E-state index in [4.69, 9.17) is 16.3 Å². The number of esters is 1. The first-order valence-electron chi connectivity index (χ1n) is 7.36. The predicted molar refractivity (Wildman–Crippen MR) is 90.1 cm³/mol. The van der Waals surface area contributed by atoms with Gasteiger partial charge in [0.2, 0.25) is 10.0 Å². The number of methoxy groups -OCH3 is 1. The van der Waals surface area contributed by atoms with Gasteiger partial charge >= 0.3 is 5.97 Å². The number of sulfonamides is 1. The fraction of sp³-hybridized carbons (Fsp3) is 0.235. The topological polar surface area (TPSA) is 63.7 Å². The van der Waals surface area contributed by atoms with Crippen molar-refractivity contribution in [3.63, 3.8) is 0 Å². The van der Waals surface area contributed by atoms with Gasteiger partial charge in [-0.3, -0.25) is 4.79 Å². The zero-order valence-corrected chi connectivity index (χ0v) is 14.5. The molecule has 0 spiro atoms. The zero-order chi connectivity index (χ0) is 17.3. The molecular weight excluding hydrogens is 350 g/mol. The van der Waals surface area contributed by atoms with E-state index in [0.717, 1.165) is 11.1 Å². The van der Waals surface area contributed by atoms with Crippen molar-refractivity contribution in [2.24, 2.45) is 0 Å². The molecule has 0 unspecified atom stereocenters. The van der Waals surface area contributed by atoms with Crippen LogP contribution in [0.1, 0.15) is 11.1 Å². The minimum atomic E-state index is -3.94. The second-order valence-electron chi connectivity index (χ2n) is 5.49. The average Bonchev–Trinajstić information content (AvgIpc) is 2.60. The standard InChI is InChI=1S/C17H16ClNO4S/c1-23-17(20)15-10-12-6-2-3-7-13(12)11-19(15)24(21,22)16-9-5-4-8-14(16)18/h2-9,15H,10-11H2,1H3/t15-/m1/s1. The Bertz CT molecular complexity index is 882. The van der Waals surface area contributed by atoms with Gasteiger partial charge < -0.3 is 4.74 Å². The van der Waals surface area contributed by atoms with Gasteiger partial charge in [-0.05, 0) is 23.3 Å². The Labute approximate surface area is 145 Å². The minimum absolute atomic E-state index is 0.0139. The van der Waals surface area contributed by atoms with Gasteiger partial charge in [0.25, 0.3) is 0 Å². The zero-order valence-electron chi connectivity index (χ0n) is 13.0. The second-order valence-corrected chi connectivity index (χ2v) is 7.76. The second kappa shape index (κ2) is 6.55. The van der Waals surface area contributed by atoms with Gasteiger partial charge in [-0.1, -0.05) is 48.0 Å². The lowest BCUT2D eigenvalue weighted by atomic mass is 9.96. The molecule has 2 aromatic carbocycles. The number of carbonyl (C=O) groups excluding carboxylic acids is 1. The summed E-state index contributed by atoms with van der Waals surface area (Å²) in [6.45, 7) is 0.101. The van der Waals surface area contributed by atoms with Crippen molar-refractivity contribution in [1.29, 1.82) is 0 Å². The molecule has 0 bridgehead atoms. The van der Waals surface area contributed by atoms with Gasteiger partial charge in [-0.2, -0.15) is 4.31 Å². The molecule has 2 aromatic rings. The molecule has 1 aliphatic rings. The van der Waals surface area contributed by atoms with E-state index < -0.39 is 22.0 Å². The van der Waals surface area contributed by atoms with E-state index in [0.29, 0.717) is 0 Å². The largest absolute Gasteiger partial charge is 0.468 e. The van der Waals surface area contributed by atoms with Crippen LogP contribution in [0.25, 0.3) is 0 Å². The van der Waals surface area contributed by atoms with E-state index in [1.54, 1.807) is 12.1 Å². The normalized spacial score (nSPS) is 18.0. The van der Waals surface area contributed by atoms with E-state index >= 15 is 0 Å². The SMILES string of the molecule is COC(=O)[C@H]1Cc2ccccc2CN1S(=O)(=O)c1ccccc1Cl. The number of halogens is 1. The number of rotatable bonds is 3. The van der Waals surface area contributed by atoms with Crippen LogP contribution in [0.4, 0.5) is 0 Å². The number of ether oxygens (including phenoxy) is 1. The lowest BCUT2D eigenvalue weighted by Gasteiger charge is -2.34. The molecule has 3 rings (SSSR count). The molecule has 0 aromatic heterocycles. The maximum absolute atomic E-state index is 13.1. The van der Waals surface area contributed by atoms with Crippen LogP contribution in [-0.4, -0.2) is 31.8 Å². The highest BCUT2D eigenvalue weighted by Gasteiger charge is 2.40. The Morgan fingerprint density at radius 1 is 1.12 bits per heavy atom. The minimum Gasteiger partial charge on any atom is -0.468 e. The highest BCUT2D eigenvalue weighted by molar-refractivity contribution is 7.89. The Morgan fingerprint density at radius 2 is 1.75 bits per heavy atom. The van der Waals surface area contributed by atoms with Crippen LogP contribution in [0.3, 0.4) is 0 Å². The van der Waals surface area contributed by atoms with Crippen LogP contribution in [0.15, 0.2) is 53.4 Å². The van der Waals surface area contributed by atoms with Crippen molar-refractivity contribution in [3.8, 4) is 0 Å². The summed E-state index contributed by atoms with van der Waals surface area (Å²) in [6, 6.07) is 12.8. The number of hydrogen-bond donors (Lipinski definition) is 0. The van der Waals surface area contributed by atoms with E-state index in [-0.39, 0.29) is 22.9 Å². The summed E-state index contributed by atoms with van der Waals surface area (Å²) in [5, 5.41) is 0.125. The smallest absolute Gasteiger partial charge is 0.324 e. The third kappa shape index (κ3) is 2.92. The van der Waals surface area contributed by atoms with Gasteiger partial charge in [0.05, 0.1) is 12.1 Å². The summed E-state index contributed by atoms with van der Waals surface area (Å²) in [5.74, 6) is -0.583. The summed E-state index contributed by atoms with van der Waals surface area (Å²) in [7, 11) is -2.69. The summed E-state index contributed by atoms with van der Waals surface area (Å²) in [4.78, 5) is 12.2. The van der Waals surface area contributed by atoms with Crippen LogP contribution < -0.4 is 0 Å². The van der Waals surface area contributed by atoms with E-state index in [9.17, 15) is 13.2 Å². The fourth-order valence-corrected chi connectivity index (χ4v) is 4.92. The fourth-order valence-electron chi connectivity index (χ4n) is 2.87. The molecule has 0 fully saturated rings. The molecule has 0 N–H and O–H groups in total. The maximum atomic E-state index is 13.1. The highest BCUT2D eigenvalue weighted by atomic mass is 35.5. The van der Waals surface area contributed by atoms with Crippen LogP contribution in [-0.2, 0) is 32.5 Å². The van der Waals surface area contributed by atoms with Gasteiger partial charge in [0.1, 0.15) is 10.9 Å². The number of carbonyl (C=O) groups is 1.